The fraction of sp³-hybridized carbons (Fsp3) is 0.273. The summed E-state index contributed by atoms with van der Waals surface area (Å²) >= 11 is 0. The van der Waals surface area contributed by atoms with Crippen LogP contribution in [0.3, 0.4) is 0 Å². The molecular weight excluding hydrogens is 373 g/mol. The fourth-order valence-electron chi connectivity index (χ4n) is 3.07. The van der Waals surface area contributed by atoms with Gasteiger partial charge >= 0.3 is 0 Å². The summed E-state index contributed by atoms with van der Waals surface area (Å²) in [7, 11) is 0. The number of amides is 1. The Balaban J connectivity index is 2.42. The van der Waals surface area contributed by atoms with Crippen molar-refractivity contribution < 1.29 is 18.7 Å². The van der Waals surface area contributed by atoms with Crippen LogP contribution in [0.4, 0.5) is 10.1 Å². The van der Waals surface area contributed by atoms with Crippen LogP contribution in [0.25, 0.3) is 0 Å². The largest absolute Gasteiger partial charge is 0.494 e. The predicted octanol–water partition coefficient (Wildman–Crippen LogP) is 3.82. The number of hydrogen-bond donors (Lipinski definition) is 1. The van der Waals surface area contributed by atoms with E-state index in [1.807, 2.05) is 19.1 Å². The minimum Gasteiger partial charge on any atom is -0.494 e. The summed E-state index contributed by atoms with van der Waals surface area (Å²) in [5.41, 5.74) is 0.801. The Morgan fingerprint density at radius 3 is 2.14 bits per heavy atom. The molecule has 148 valence electrons. The normalized spacial score (nSPS) is 12.3. The van der Waals surface area contributed by atoms with Crippen molar-refractivity contribution in [1.29, 1.82) is 10.5 Å². The number of nitrogens with zero attached hydrogens (tertiary/aromatic N) is 2. The predicted molar refractivity (Wildman–Crippen MR) is 104 cm³/mol. The maximum atomic E-state index is 13.1. The van der Waals surface area contributed by atoms with Crippen LogP contribution in [-0.4, -0.2) is 18.3 Å². The molecule has 0 heterocycles. The van der Waals surface area contributed by atoms with Gasteiger partial charge in [0, 0.05) is 11.6 Å². The summed E-state index contributed by atoms with van der Waals surface area (Å²) in [6.07, 6.45) is 0. The van der Waals surface area contributed by atoms with Crippen molar-refractivity contribution in [3.63, 3.8) is 0 Å². The number of carbonyl (C=O) groups excluding carboxylic acids is 2. The van der Waals surface area contributed by atoms with Gasteiger partial charge < -0.3 is 10.1 Å². The quantitative estimate of drug-likeness (QED) is 0.687. The SMILES string of the molecule is CCOc1ccc(C(C(C#N)C#N)C(C(C)=O)C(=O)Nc2ccc(F)cc2)cc1. The Hall–Kier alpha value is -3.71. The lowest BCUT2D eigenvalue weighted by Crippen LogP contribution is -2.36. The molecule has 2 aromatic rings. The zero-order chi connectivity index (χ0) is 21.4. The molecule has 0 fully saturated rings. The minimum atomic E-state index is -1.28. The van der Waals surface area contributed by atoms with Gasteiger partial charge in [-0.1, -0.05) is 12.1 Å². The third-order valence-corrected chi connectivity index (χ3v) is 4.40. The van der Waals surface area contributed by atoms with Crippen LogP contribution in [0.5, 0.6) is 5.75 Å². The second-order valence-electron chi connectivity index (χ2n) is 6.35. The van der Waals surface area contributed by atoms with E-state index >= 15 is 0 Å². The highest BCUT2D eigenvalue weighted by Crippen LogP contribution is 2.34. The number of nitrogens with one attached hydrogen (secondary N) is 1. The van der Waals surface area contributed by atoms with E-state index in [-0.39, 0.29) is 0 Å². The van der Waals surface area contributed by atoms with Crippen molar-refractivity contribution in [2.24, 2.45) is 11.8 Å². The van der Waals surface area contributed by atoms with E-state index in [1.54, 1.807) is 24.3 Å². The number of nitriles is 2. The Labute approximate surface area is 168 Å². The maximum Gasteiger partial charge on any atom is 0.235 e. The van der Waals surface area contributed by atoms with Gasteiger partial charge in [-0.25, -0.2) is 4.39 Å². The van der Waals surface area contributed by atoms with Gasteiger partial charge in [0.1, 0.15) is 29.2 Å². The standard InChI is InChI=1S/C22H20FN3O3/c1-3-29-19-10-4-15(5-11-19)21(16(12-24)13-25)20(14(2)27)22(28)26-18-8-6-17(23)7-9-18/h4-11,16,20-21H,3H2,1-2H3,(H,26,28). The lowest BCUT2D eigenvalue weighted by atomic mass is 9.75. The van der Waals surface area contributed by atoms with Gasteiger partial charge in [-0.05, 0) is 55.8 Å². The molecule has 1 amide bonds. The second-order valence-corrected chi connectivity index (χ2v) is 6.35. The van der Waals surface area contributed by atoms with Gasteiger partial charge in [-0.15, -0.1) is 0 Å². The van der Waals surface area contributed by atoms with E-state index in [0.717, 1.165) is 0 Å². The summed E-state index contributed by atoms with van der Waals surface area (Å²) in [5.74, 6) is -4.50. The first-order chi connectivity index (χ1) is 13.9. The van der Waals surface area contributed by atoms with E-state index in [9.17, 15) is 24.5 Å². The summed E-state index contributed by atoms with van der Waals surface area (Å²) in [6, 6.07) is 15.4. The van der Waals surface area contributed by atoms with Gasteiger partial charge in [-0.3, -0.25) is 9.59 Å². The van der Waals surface area contributed by atoms with Gasteiger partial charge in [0.2, 0.25) is 5.91 Å². The highest BCUT2D eigenvalue weighted by molar-refractivity contribution is 6.07. The average molecular weight is 393 g/mol. The van der Waals surface area contributed by atoms with Gasteiger partial charge in [0.05, 0.1) is 18.7 Å². The number of ketones is 1. The third-order valence-electron chi connectivity index (χ3n) is 4.40. The van der Waals surface area contributed by atoms with E-state index in [2.05, 4.69) is 5.32 Å². The number of anilines is 1. The number of rotatable bonds is 8. The second kappa shape index (κ2) is 10.0. The molecule has 0 saturated heterocycles. The molecule has 2 atom stereocenters. The van der Waals surface area contributed by atoms with Crippen LogP contribution in [0, 0.1) is 40.3 Å². The van der Waals surface area contributed by atoms with E-state index in [0.29, 0.717) is 23.6 Å². The monoisotopic (exact) mass is 393 g/mol. The molecule has 29 heavy (non-hydrogen) atoms. The third kappa shape index (κ3) is 5.40. The fourth-order valence-corrected chi connectivity index (χ4v) is 3.07. The molecule has 0 aliphatic rings. The van der Waals surface area contributed by atoms with Crippen molar-refractivity contribution in [1.82, 2.24) is 0 Å². The molecule has 2 rings (SSSR count). The number of benzene rings is 2. The molecule has 0 aliphatic heterocycles. The molecule has 0 bridgehead atoms. The number of hydrogen-bond acceptors (Lipinski definition) is 5. The number of halogens is 1. The zero-order valence-electron chi connectivity index (χ0n) is 16.1. The molecule has 1 N–H and O–H groups in total. The van der Waals surface area contributed by atoms with Crippen molar-refractivity contribution in [3.05, 3.63) is 59.9 Å². The van der Waals surface area contributed by atoms with E-state index < -0.39 is 35.3 Å². The summed E-state index contributed by atoms with van der Waals surface area (Å²) in [6.45, 7) is 3.55. The molecule has 6 nitrogen and oxygen atoms in total. The molecule has 0 saturated carbocycles. The highest BCUT2D eigenvalue weighted by Gasteiger charge is 2.39. The van der Waals surface area contributed by atoms with Gasteiger partial charge in [0.25, 0.3) is 0 Å². The van der Waals surface area contributed by atoms with Crippen LogP contribution < -0.4 is 10.1 Å². The van der Waals surface area contributed by atoms with E-state index in [4.69, 9.17) is 4.74 Å². The van der Waals surface area contributed by atoms with Gasteiger partial charge in [-0.2, -0.15) is 10.5 Å². The zero-order valence-corrected chi connectivity index (χ0v) is 16.1. The Morgan fingerprint density at radius 2 is 1.66 bits per heavy atom. The maximum absolute atomic E-state index is 13.1. The smallest absolute Gasteiger partial charge is 0.235 e. The summed E-state index contributed by atoms with van der Waals surface area (Å²) < 4.78 is 18.5. The average Bonchev–Trinajstić information content (AvgIpc) is 2.70. The van der Waals surface area contributed by atoms with Crippen LogP contribution in [0.1, 0.15) is 25.3 Å². The highest BCUT2D eigenvalue weighted by atomic mass is 19.1. The van der Waals surface area contributed by atoms with Crippen LogP contribution in [0.15, 0.2) is 48.5 Å². The lowest BCUT2D eigenvalue weighted by Gasteiger charge is -2.26. The molecule has 2 aromatic carbocycles. The van der Waals surface area contributed by atoms with Crippen molar-refractivity contribution in [3.8, 4) is 17.9 Å². The van der Waals surface area contributed by atoms with Crippen LogP contribution >= 0.6 is 0 Å². The topological polar surface area (TPSA) is 103 Å². The summed E-state index contributed by atoms with van der Waals surface area (Å²) in [5, 5.41) is 21.5. The minimum absolute atomic E-state index is 0.304. The number of Topliss-reactive ketones (excluding diaryl/α,β-unsaturated/α-hetero) is 1. The van der Waals surface area contributed by atoms with Crippen LogP contribution in [0.2, 0.25) is 0 Å². The van der Waals surface area contributed by atoms with Gasteiger partial charge in [0.15, 0.2) is 0 Å². The first-order valence-electron chi connectivity index (χ1n) is 9.00. The molecule has 7 heteroatoms. The van der Waals surface area contributed by atoms with Crippen molar-refractivity contribution in [2.75, 3.05) is 11.9 Å². The number of carbonyl (C=O) groups is 2. The summed E-state index contributed by atoms with van der Waals surface area (Å²) in [4.78, 5) is 25.3. The molecule has 0 aliphatic carbocycles. The molecule has 0 radical (unpaired) electrons. The Bertz CT molecular complexity index is 929. The van der Waals surface area contributed by atoms with Crippen molar-refractivity contribution >= 4 is 17.4 Å². The lowest BCUT2D eigenvalue weighted by molar-refractivity contribution is -0.131. The number of ether oxygens (including phenoxy) is 1. The first kappa shape index (κ1) is 21.6. The molecule has 0 spiro atoms. The molecular formula is C22H20FN3O3. The van der Waals surface area contributed by atoms with Crippen LogP contribution in [-0.2, 0) is 9.59 Å². The van der Waals surface area contributed by atoms with E-state index in [1.165, 1.54) is 31.2 Å². The Morgan fingerprint density at radius 1 is 1.07 bits per heavy atom. The first-order valence-corrected chi connectivity index (χ1v) is 9.00. The van der Waals surface area contributed by atoms with Crippen molar-refractivity contribution in [2.45, 2.75) is 19.8 Å². The molecule has 2 unspecified atom stereocenters. The Kier molecular flexibility index (Phi) is 7.45. The molecule has 0 aromatic heterocycles.